The second-order valence-corrected chi connectivity index (χ2v) is 6.12. The molecule has 2 aromatic carbocycles. The van der Waals surface area contributed by atoms with Crippen molar-refractivity contribution in [3.63, 3.8) is 0 Å². The van der Waals surface area contributed by atoms with Crippen molar-refractivity contribution < 1.29 is 19.0 Å². The van der Waals surface area contributed by atoms with Crippen LogP contribution in [-0.4, -0.2) is 45.7 Å². The highest BCUT2D eigenvalue weighted by molar-refractivity contribution is 5.93. The van der Waals surface area contributed by atoms with Crippen molar-refractivity contribution in [2.75, 3.05) is 40.2 Å². The minimum atomic E-state index is -0.117. The van der Waals surface area contributed by atoms with Crippen LogP contribution in [0.15, 0.2) is 36.4 Å². The lowest BCUT2D eigenvalue weighted by molar-refractivity contribution is -0.117. The van der Waals surface area contributed by atoms with Crippen molar-refractivity contribution in [1.29, 1.82) is 0 Å². The van der Waals surface area contributed by atoms with Crippen LogP contribution in [0.2, 0.25) is 0 Å². The van der Waals surface area contributed by atoms with E-state index in [1.54, 1.807) is 19.2 Å². The van der Waals surface area contributed by atoms with E-state index in [9.17, 15) is 4.79 Å². The molecule has 0 aliphatic carbocycles. The number of rotatable bonds is 8. The second-order valence-electron chi connectivity index (χ2n) is 6.12. The Labute approximate surface area is 154 Å². The van der Waals surface area contributed by atoms with Crippen molar-refractivity contribution in [3.8, 4) is 17.2 Å². The second kappa shape index (κ2) is 9.10. The zero-order chi connectivity index (χ0) is 19.1. The monoisotopic (exact) mass is 358 g/mol. The lowest BCUT2D eigenvalue weighted by Gasteiger charge is -2.18. The average molecular weight is 358 g/mol. The fourth-order valence-electron chi connectivity index (χ4n) is 2.66. The Morgan fingerprint density at radius 2 is 1.58 bits per heavy atom. The van der Waals surface area contributed by atoms with E-state index in [2.05, 4.69) is 36.5 Å². The number of carbonyl (C=O) groups excluding carboxylic acids is 1. The van der Waals surface area contributed by atoms with Crippen molar-refractivity contribution in [2.45, 2.75) is 13.5 Å². The van der Waals surface area contributed by atoms with Gasteiger partial charge < -0.3 is 19.5 Å². The molecule has 0 aliphatic rings. The summed E-state index contributed by atoms with van der Waals surface area (Å²) >= 11 is 0. The number of hydrogen-bond acceptors (Lipinski definition) is 5. The number of methoxy groups -OCH3 is 3. The first kappa shape index (κ1) is 19.6. The first-order valence-electron chi connectivity index (χ1n) is 8.30. The van der Waals surface area contributed by atoms with E-state index >= 15 is 0 Å². The molecule has 2 aromatic rings. The molecule has 0 bridgehead atoms. The van der Waals surface area contributed by atoms with Gasteiger partial charge in [0.25, 0.3) is 0 Å². The molecule has 26 heavy (non-hydrogen) atoms. The molecule has 0 saturated carbocycles. The molecule has 0 aromatic heterocycles. The van der Waals surface area contributed by atoms with Crippen molar-refractivity contribution >= 4 is 11.6 Å². The number of amides is 1. The van der Waals surface area contributed by atoms with E-state index in [0.29, 0.717) is 29.5 Å². The smallest absolute Gasteiger partial charge is 0.238 e. The molecule has 0 unspecified atom stereocenters. The summed E-state index contributed by atoms with van der Waals surface area (Å²) in [5, 5.41) is 2.87. The number of anilines is 1. The molecule has 0 fully saturated rings. The minimum Gasteiger partial charge on any atom is -0.493 e. The fourth-order valence-corrected chi connectivity index (χ4v) is 2.66. The molecule has 6 nitrogen and oxygen atoms in total. The molecule has 0 radical (unpaired) electrons. The molecule has 0 spiro atoms. The third kappa shape index (κ3) is 5.13. The summed E-state index contributed by atoms with van der Waals surface area (Å²) in [4.78, 5) is 14.3. The molecule has 1 amide bonds. The topological polar surface area (TPSA) is 60.0 Å². The average Bonchev–Trinajstić information content (AvgIpc) is 2.62. The summed E-state index contributed by atoms with van der Waals surface area (Å²) in [7, 11) is 6.53. The first-order valence-corrected chi connectivity index (χ1v) is 8.30. The van der Waals surface area contributed by atoms with Gasteiger partial charge in [-0.3, -0.25) is 9.69 Å². The minimum absolute atomic E-state index is 0.117. The molecule has 0 saturated heterocycles. The van der Waals surface area contributed by atoms with E-state index in [1.165, 1.54) is 25.3 Å². The van der Waals surface area contributed by atoms with E-state index in [0.717, 1.165) is 0 Å². The fraction of sp³-hybridized carbons (Fsp3) is 0.350. The number of carbonyl (C=O) groups is 1. The van der Waals surface area contributed by atoms with Gasteiger partial charge in [-0.2, -0.15) is 0 Å². The maximum atomic E-state index is 12.4. The van der Waals surface area contributed by atoms with Crippen LogP contribution in [0.4, 0.5) is 5.69 Å². The number of nitrogens with one attached hydrogen (secondary N) is 1. The summed E-state index contributed by atoms with van der Waals surface area (Å²) < 4.78 is 15.9. The maximum absolute atomic E-state index is 12.4. The summed E-state index contributed by atoms with van der Waals surface area (Å²) in [6, 6.07) is 11.7. The van der Waals surface area contributed by atoms with Gasteiger partial charge >= 0.3 is 0 Å². The quantitative estimate of drug-likeness (QED) is 0.786. The number of nitrogens with zero attached hydrogens (tertiary/aromatic N) is 1. The maximum Gasteiger partial charge on any atom is 0.238 e. The largest absolute Gasteiger partial charge is 0.493 e. The lowest BCUT2D eigenvalue weighted by Crippen LogP contribution is -2.29. The first-order chi connectivity index (χ1) is 12.5. The number of benzene rings is 2. The van der Waals surface area contributed by atoms with E-state index in [-0.39, 0.29) is 12.5 Å². The molecule has 1 N–H and O–H groups in total. The molecule has 0 aliphatic heterocycles. The van der Waals surface area contributed by atoms with Crippen LogP contribution >= 0.6 is 0 Å². The van der Waals surface area contributed by atoms with Gasteiger partial charge in [0.1, 0.15) is 0 Å². The van der Waals surface area contributed by atoms with Crippen molar-refractivity contribution in [3.05, 3.63) is 47.5 Å². The Morgan fingerprint density at radius 1 is 1.00 bits per heavy atom. The lowest BCUT2D eigenvalue weighted by atomic mass is 10.1. The normalized spacial score (nSPS) is 10.5. The molecular formula is C20H26N2O4. The van der Waals surface area contributed by atoms with E-state index < -0.39 is 0 Å². The zero-order valence-electron chi connectivity index (χ0n) is 16.0. The third-order valence-electron chi connectivity index (χ3n) is 3.94. The standard InChI is InChI=1S/C20H26N2O4/c1-14-6-8-15(9-7-14)12-22(2)13-19(23)21-16-10-17(24-3)20(26-5)18(11-16)25-4/h6-11H,12-13H2,1-5H3,(H,21,23). The summed E-state index contributed by atoms with van der Waals surface area (Å²) in [6.07, 6.45) is 0. The number of aryl methyl sites for hydroxylation is 1. The highest BCUT2D eigenvalue weighted by atomic mass is 16.5. The van der Waals surface area contributed by atoms with Gasteiger partial charge in [0.15, 0.2) is 11.5 Å². The highest BCUT2D eigenvalue weighted by Crippen LogP contribution is 2.39. The van der Waals surface area contributed by atoms with Crippen LogP contribution in [0.1, 0.15) is 11.1 Å². The van der Waals surface area contributed by atoms with Crippen molar-refractivity contribution in [1.82, 2.24) is 4.90 Å². The third-order valence-corrected chi connectivity index (χ3v) is 3.94. The molecule has 2 rings (SSSR count). The number of likely N-dealkylation sites (N-methyl/N-ethyl adjacent to an activating group) is 1. The zero-order valence-corrected chi connectivity index (χ0v) is 16.0. The molecule has 0 heterocycles. The Balaban J connectivity index is 2.01. The van der Waals surface area contributed by atoms with Gasteiger partial charge in [-0.05, 0) is 19.5 Å². The molecule has 6 heteroatoms. The van der Waals surface area contributed by atoms with Gasteiger partial charge in [0.2, 0.25) is 11.7 Å². The van der Waals surface area contributed by atoms with Gasteiger partial charge in [0, 0.05) is 24.4 Å². The van der Waals surface area contributed by atoms with Gasteiger partial charge in [-0.25, -0.2) is 0 Å². The molecule has 0 atom stereocenters. The number of hydrogen-bond donors (Lipinski definition) is 1. The van der Waals surface area contributed by atoms with E-state index in [1.807, 2.05) is 11.9 Å². The van der Waals surface area contributed by atoms with Gasteiger partial charge in [-0.1, -0.05) is 29.8 Å². The summed E-state index contributed by atoms with van der Waals surface area (Å²) in [5.74, 6) is 1.36. The summed E-state index contributed by atoms with van der Waals surface area (Å²) in [5.41, 5.74) is 2.98. The van der Waals surface area contributed by atoms with Gasteiger partial charge in [0.05, 0.1) is 27.9 Å². The predicted molar refractivity (Wildman–Crippen MR) is 102 cm³/mol. The summed E-state index contributed by atoms with van der Waals surface area (Å²) in [6.45, 7) is 3.02. The van der Waals surface area contributed by atoms with Crippen LogP contribution < -0.4 is 19.5 Å². The predicted octanol–water partition coefficient (Wildman–Crippen LogP) is 3.09. The van der Waals surface area contributed by atoms with Crippen LogP contribution in [0.5, 0.6) is 17.2 Å². The van der Waals surface area contributed by atoms with Crippen LogP contribution in [0.3, 0.4) is 0 Å². The Morgan fingerprint density at radius 3 is 2.08 bits per heavy atom. The SMILES string of the molecule is COc1cc(NC(=O)CN(C)Cc2ccc(C)cc2)cc(OC)c1OC. The Kier molecular flexibility index (Phi) is 6.86. The molecule has 140 valence electrons. The van der Waals surface area contributed by atoms with Crippen LogP contribution in [0.25, 0.3) is 0 Å². The van der Waals surface area contributed by atoms with Crippen molar-refractivity contribution in [2.24, 2.45) is 0 Å². The van der Waals surface area contributed by atoms with Gasteiger partial charge in [-0.15, -0.1) is 0 Å². The molecular weight excluding hydrogens is 332 g/mol. The Hall–Kier alpha value is -2.73. The van der Waals surface area contributed by atoms with Crippen LogP contribution in [-0.2, 0) is 11.3 Å². The van der Waals surface area contributed by atoms with E-state index in [4.69, 9.17) is 14.2 Å². The Bertz CT molecular complexity index is 719. The highest BCUT2D eigenvalue weighted by Gasteiger charge is 2.15. The number of ether oxygens (including phenoxy) is 3. The van der Waals surface area contributed by atoms with Crippen LogP contribution in [0, 0.1) is 6.92 Å².